The molecule has 1 aromatic heterocycles. The Labute approximate surface area is 199 Å². The van der Waals surface area contributed by atoms with Crippen LogP contribution in [0.1, 0.15) is 54.1 Å². The molecule has 8 nitrogen and oxygen atoms in total. The zero-order valence-corrected chi connectivity index (χ0v) is 20.0. The maximum absolute atomic E-state index is 12.8. The van der Waals surface area contributed by atoms with Gasteiger partial charge in [-0.2, -0.15) is 4.98 Å². The number of aromatic nitrogens is 2. The molecule has 1 aromatic carbocycles. The number of hydrogen-bond donors (Lipinski definition) is 4. The topological polar surface area (TPSA) is 125 Å². The van der Waals surface area contributed by atoms with Crippen LogP contribution in [-0.2, 0) is 17.8 Å². The molecule has 0 amide bonds. The van der Waals surface area contributed by atoms with Crippen molar-refractivity contribution in [2.45, 2.75) is 65.5 Å². The number of nitrogens with zero attached hydrogens (tertiary/aromatic N) is 3. The van der Waals surface area contributed by atoms with Crippen LogP contribution in [0.15, 0.2) is 18.2 Å². The van der Waals surface area contributed by atoms with Crippen LogP contribution in [0.2, 0.25) is 0 Å². The largest absolute Gasteiger partial charge is 0.480 e. The monoisotopic (exact) mass is 479 g/mol. The minimum Gasteiger partial charge on any atom is -0.480 e. The van der Waals surface area contributed by atoms with Gasteiger partial charge in [-0.15, -0.1) is 0 Å². The number of anilines is 2. The number of halogens is 2. The summed E-state index contributed by atoms with van der Waals surface area (Å²) in [5.74, 6) is -0.326. The number of nitrogens with one attached hydrogen (secondary N) is 1. The van der Waals surface area contributed by atoms with E-state index in [2.05, 4.69) is 22.2 Å². The van der Waals surface area contributed by atoms with Crippen LogP contribution in [0.5, 0.6) is 0 Å². The number of hydrogen-bond acceptors (Lipinski definition) is 7. The Morgan fingerprint density at radius 2 is 1.97 bits per heavy atom. The number of aryl methyl sites for hydroxylation is 2. The summed E-state index contributed by atoms with van der Waals surface area (Å²) in [6.07, 6.45) is 0.352. The summed E-state index contributed by atoms with van der Waals surface area (Å²) in [5, 5.41) is 21.8. The SMILES string of the molecule is CCC[C@@H](CCO)Nc1nc(N)nc(C)c1Cc1ccc(CN(CC(=O)O)CC(F)F)cc1C. The number of alkyl halides is 2. The molecule has 0 aliphatic heterocycles. The van der Waals surface area contributed by atoms with E-state index in [1.165, 1.54) is 4.90 Å². The van der Waals surface area contributed by atoms with Crippen molar-refractivity contribution in [3.05, 3.63) is 46.1 Å². The fourth-order valence-corrected chi connectivity index (χ4v) is 4.01. The van der Waals surface area contributed by atoms with E-state index in [0.717, 1.165) is 40.8 Å². The fraction of sp³-hybridized carbons (Fsp3) is 0.542. The molecule has 0 aliphatic carbocycles. The Morgan fingerprint density at radius 1 is 1.24 bits per heavy atom. The molecule has 188 valence electrons. The molecule has 0 radical (unpaired) electrons. The minimum atomic E-state index is -2.61. The van der Waals surface area contributed by atoms with Crippen LogP contribution in [0.3, 0.4) is 0 Å². The standard InChI is InChI=1S/C24H35F2N5O3/c1-4-5-19(8-9-32)29-23-20(16(3)28-24(27)30-23)11-18-7-6-17(10-15(18)2)12-31(13-21(25)26)14-22(33)34/h6-7,10,19,21,32H,4-5,8-9,11-14H2,1-3H3,(H,33,34)(H3,27,28,29,30)/t19-/m0/s1. The second kappa shape index (κ2) is 13.1. The van der Waals surface area contributed by atoms with Gasteiger partial charge in [0.2, 0.25) is 5.95 Å². The van der Waals surface area contributed by atoms with Crippen molar-refractivity contribution in [2.75, 3.05) is 30.7 Å². The summed E-state index contributed by atoms with van der Waals surface area (Å²) in [6.45, 7) is 5.02. The number of aliphatic carboxylic acids is 1. The van der Waals surface area contributed by atoms with Crippen molar-refractivity contribution in [1.82, 2.24) is 14.9 Å². The number of carbonyl (C=O) groups is 1. The highest BCUT2D eigenvalue weighted by Gasteiger charge is 2.18. The number of nitrogens with two attached hydrogens (primary N) is 1. The third-order valence-electron chi connectivity index (χ3n) is 5.62. The van der Waals surface area contributed by atoms with Gasteiger partial charge in [-0.05, 0) is 43.4 Å². The zero-order chi connectivity index (χ0) is 25.3. The van der Waals surface area contributed by atoms with E-state index in [1.807, 2.05) is 32.0 Å². The molecule has 0 saturated carbocycles. The van der Waals surface area contributed by atoms with Gasteiger partial charge in [-0.25, -0.2) is 13.8 Å². The first-order valence-electron chi connectivity index (χ1n) is 11.4. The quantitative estimate of drug-likeness (QED) is 0.325. The number of carboxylic acid groups (broad SMARTS) is 1. The number of aliphatic hydroxyl groups is 1. The van der Waals surface area contributed by atoms with Crippen molar-refractivity contribution in [3.63, 3.8) is 0 Å². The van der Waals surface area contributed by atoms with E-state index < -0.39 is 25.5 Å². The summed E-state index contributed by atoms with van der Waals surface area (Å²) < 4.78 is 25.7. The van der Waals surface area contributed by atoms with Gasteiger partial charge in [0, 0.05) is 36.9 Å². The lowest BCUT2D eigenvalue weighted by atomic mass is 9.97. The first-order chi connectivity index (χ1) is 16.1. The molecule has 34 heavy (non-hydrogen) atoms. The molecule has 10 heteroatoms. The van der Waals surface area contributed by atoms with E-state index in [0.29, 0.717) is 18.7 Å². The van der Waals surface area contributed by atoms with E-state index in [9.17, 15) is 18.7 Å². The highest BCUT2D eigenvalue weighted by Crippen LogP contribution is 2.25. The number of nitrogen functional groups attached to an aromatic ring is 1. The second-order valence-corrected chi connectivity index (χ2v) is 8.53. The van der Waals surface area contributed by atoms with Crippen molar-refractivity contribution >= 4 is 17.7 Å². The van der Waals surface area contributed by atoms with Crippen LogP contribution in [0.25, 0.3) is 0 Å². The Morgan fingerprint density at radius 3 is 2.56 bits per heavy atom. The highest BCUT2D eigenvalue weighted by atomic mass is 19.3. The highest BCUT2D eigenvalue weighted by molar-refractivity contribution is 5.69. The van der Waals surface area contributed by atoms with Crippen LogP contribution < -0.4 is 11.1 Å². The van der Waals surface area contributed by atoms with Gasteiger partial charge >= 0.3 is 5.97 Å². The van der Waals surface area contributed by atoms with Crippen molar-refractivity contribution in [3.8, 4) is 0 Å². The average Bonchev–Trinajstić information content (AvgIpc) is 2.71. The van der Waals surface area contributed by atoms with Gasteiger partial charge < -0.3 is 21.3 Å². The third kappa shape index (κ3) is 8.49. The van der Waals surface area contributed by atoms with Crippen LogP contribution >= 0.6 is 0 Å². The molecule has 0 spiro atoms. The lowest BCUT2D eigenvalue weighted by Gasteiger charge is -2.22. The van der Waals surface area contributed by atoms with Crippen molar-refractivity contribution in [1.29, 1.82) is 0 Å². The van der Waals surface area contributed by atoms with Crippen LogP contribution in [0, 0.1) is 13.8 Å². The second-order valence-electron chi connectivity index (χ2n) is 8.53. The summed E-state index contributed by atoms with van der Waals surface area (Å²) in [4.78, 5) is 21.0. The molecule has 5 N–H and O–H groups in total. The normalized spacial score (nSPS) is 12.4. The van der Waals surface area contributed by atoms with Gasteiger partial charge in [0.15, 0.2) is 0 Å². The van der Waals surface area contributed by atoms with Gasteiger partial charge in [0.25, 0.3) is 6.43 Å². The average molecular weight is 480 g/mol. The predicted molar refractivity (Wildman–Crippen MR) is 128 cm³/mol. The van der Waals surface area contributed by atoms with Crippen LogP contribution in [0.4, 0.5) is 20.5 Å². The third-order valence-corrected chi connectivity index (χ3v) is 5.62. The molecule has 1 heterocycles. The molecule has 0 aliphatic rings. The van der Waals surface area contributed by atoms with Crippen molar-refractivity contribution in [2.24, 2.45) is 0 Å². The molecule has 1 atom stereocenters. The molecule has 0 unspecified atom stereocenters. The minimum absolute atomic E-state index is 0.0565. The van der Waals surface area contributed by atoms with Crippen molar-refractivity contribution < 1.29 is 23.8 Å². The number of benzene rings is 1. The Balaban J connectivity index is 2.27. The van der Waals surface area contributed by atoms with E-state index in [4.69, 9.17) is 10.8 Å². The Hall–Kier alpha value is -2.85. The molecule has 0 saturated heterocycles. The molecule has 2 aromatic rings. The lowest BCUT2D eigenvalue weighted by Crippen LogP contribution is -2.33. The molecule has 0 fully saturated rings. The molecule has 0 bridgehead atoms. The smallest absolute Gasteiger partial charge is 0.317 e. The van der Waals surface area contributed by atoms with Gasteiger partial charge in [-0.1, -0.05) is 31.5 Å². The summed E-state index contributed by atoms with van der Waals surface area (Å²) in [7, 11) is 0. The summed E-state index contributed by atoms with van der Waals surface area (Å²) in [5.41, 5.74) is 10.3. The molecule has 2 rings (SSSR count). The maximum atomic E-state index is 12.8. The van der Waals surface area contributed by atoms with Crippen LogP contribution in [-0.4, -0.2) is 63.2 Å². The lowest BCUT2D eigenvalue weighted by molar-refractivity contribution is -0.138. The first-order valence-corrected chi connectivity index (χ1v) is 11.4. The molecular weight excluding hydrogens is 444 g/mol. The Kier molecular flexibility index (Phi) is 10.6. The zero-order valence-electron chi connectivity index (χ0n) is 20.0. The van der Waals surface area contributed by atoms with Gasteiger partial charge in [0.05, 0.1) is 13.1 Å². The number of carboxylic acids is 1. The van der Waals surface area contributed by atoms with E-state index in [-0.39, 0.29) is 25.1 Å². The Bertz CT molecular complexity index is 952. The fourth-order valence-electron chi connectivity index (χ4n) is 4.01. The van der Waals surface area contributed by atoms with Gasteiger partial charge in [0.1, 0.15) is 5.82 Å². The predicted octanol–water partition coefficient (Wildman–Crippen LogP) is 3.38. The van der Waals surface area contributed by atoms with E-state index >= 15 is 0 Å². The summed E-state index contributed by atoms with van der Waals surface area (Å²) >= 11 is 0. The van der Waals surface area contributed by atoms with Gasteiger partial charge in [-0.3, -0.25) is 9.69 Å². The number of aliphatic hydroxyl groups excluding tert-OH is 1. The molecular formula is C24H35F2N5O3. The maximum Gasteiger partial charge on any atom is 0.317 e. The first kappa shape index (κ1) is 27.4. The number of rotatable bonds is 14. The summed E-state index contributed by atoms with van der Waals surface area (Å²) in [6, 6.07) is 5.69. The van der Waals surface area contributed by atoms with E-state index in [1.54, 1.807) is 0 Å².